The molecule has 0 spiro atoms. The van der Waals surface area contributed by atoms with Crippen LogP contribution in [0, 0.1) is 6.92 Å². The van der Waals surface area contributed by atoms with Gasteiger partial charge >= 0.3 is 0 Å². The lowest BCUT2D eigenvalue weighted by atomic mass is 10.0. The second kappa shape index (κ2) is 6.15. The summed E-state index contributed by atoms with van der Waals surface area (Å²) in [4.78, 5) is 7.69. The second-order valence-corrected chi connectivity index (χ2v) is 6.83. The summed E-state index contributed by atoms with van der Waals surface area (Å²) in [6.07, 6.45) is 2.65. The number of thiophene rings is 1. The van der Waals surface area contributed by atoms with Gasteiger partial charge in [-0.15, -0.1) is 11.3 Å². The number of nitrogens with two attached hydrogens (primary N) is 1. The Morgan fingerprint density at radius 1 is 1.50 bits per heavy atom. The number of hydrogen-bond donors (Lipinski definition) is 1. The van der Waals surface area contributed by atoms with Crippen LogP contribution in [0.2, 0.25) is 0 Å². The van der Waals surface area contributed by atoms with Crippen molar-refractivity contribution in [2.24, 2.45) is 5.73 Å². The van der Waals surface area contributed by atoms with Crippen LogP contribution in [-0.2, 0) is 13.1 Å². The van der Waals surface area contributed by atoms with Crippen LogP contribution in [0.5, 0.6) is 0 Å². The molecule has 1 aromatic heterocycles. The van der Waals surface area contributed by atoms with E-state index < -0.39 is 0 Å². The first-order valence-electron chi connectivity index (χ1n) is 6.77. The predicted octanol–water partition coefficient (Wildman–Crippen LogP) is 2.04. The Bertz CT molecular complexity index is 386. The van der Waals surface area contributed by atoms with Crippen LogP contribution in [0.3, 0.4) is 0 Å². The maximum absolute atomic E-state index is 5.72. The van der Waals surface area contributed by atoms with E-state index in [0.29, 0.717) is 12.6 Å². The molecule has 1 aromatic rings. The summed E-state index contributed by atoms with van der Waals surface area (Å²) >= 11 is 1.85. The fourth-order valence-electron chi connectivity index (χ4n) is 2.68. The molecule has 3 nitrogen and oxygen atoms in total. The van der Waals surface area contributed by atoms with Gasteiger partial charge in [0, 0.05) is 35.4 Å². The Morgan fingerprint density at radius 3 is 2.89 bits per heavy atom. The Hall–Kier alpha value is -0.420. The summed E-state index contributed by atoms with van der Waals surface area (Å²) in [5, 5.41) is 0. The summed E-state index contributed by atoms with van der Waals surface area (Å²) in [5.41, 5.74) is 7.19. The molecule has 2 heterocycles. The fourth-order valence-corrected chi connectivity index (χ4v) is 3.61. The van der Waals surface area contributed by atoms with E-state index in [4.69, 9.17) is 5.73 Å². The minimum absolute atomic E-state index is 0.672. The molecule has 1 aliphatic rings. The third kappa shape index (κ3) is 3.32. The molecule has 2 rings (SSSR count). The molecule has 0 aromatic carbocycles. The number of likely N-dealkylation sites (N-methyl/N-ethyl adjacent to an activating group) is 1. The largest absolute Gasteiger partial charge is 0.326 e. The van der Waals surface area contributed by atoms with Crippen molar-refractivity contribution < 1.29 is 0 Å². The lowest BCUT2D eigenvalue weighted by molar-refractivity contribution is 0.128. The van der Waals surface area contributed by atoms with Crippen molar-refractivity contribution in [3.05, 3.63) is 21.4 Å². The van der Waals surface area contributed by atoms with E-state index >= 15 is 0 Å². The van der Waals surface area contributed by atoms with Crippen molar-refractivity contribution >= 4 is 11.3 Å². The first kappa shape index (κ1) is 14.0. The van der Waals surface area contributed by atoms with Crippen LogP contribution < -0.4 is 5.73 Å². The fraction of sp³-hybridized carbons (Fsp3) is 0.714. The van der Waals surface area contributed by atoms with E-state index in [9.17, 15) is 0 Å². The van der Waals surface area contributed by atoms with Gasteiger partial charge in [-0.1, -0.05) is 0 Å². The molecule has 102 valence electrons. The predicted molar refractivity (Wildman–Crippen MR) is 78.9 cm³/mol. The standard InChI is InChI=1S/C14H25N3S/c1-11-12(7-14(8-15)18-11)9-17-6-4-5-13(10-17)16(2)3/h7,13H,4-6,8-10,15H2,1-3H3. The van der Waals surface area contributed by atoms with E-state index in [2.05, 4.69) is 36.9 Å². The molecule has 0 saturated carbocycles. The van der Waals surface area contributed by atoms with Crippen LogP contribution in [-0.4, -0.2) is 43.0 Å². The van der Waals surface area contributed by atoms with Crippen LogP contribution in [0.1, 0.15) is 28.2 Å². The molecule has 4 heteroatoms. The molecule has 0 amide bonds. The molecule has 2 N–H and O–H groups in total. The Kier molecular flexibility index (Phi) is 4.78. The molecule has 18 heavy (non-hydrogen) atoms. The first-order chi connectivity index (χ1) is 8.60. The molecule has 1 atom stereocenters. The van der Waals surface area contributed by atoms with Gasteiger partial charge in [-0.05, 0) is 52.0 Å². The van der Waals surface area contributed by atoms with Crippen molar-refractivity contribution in [2.45, 2.75) is 38.9 Å². The third-order valence-electron chi connectivity index (χ3n) is 3.88. The molecule has 0 bridgehead atoms. The number of aryl methyl sites for hydroxylation is 1. The smallest absolute Gasteiger partial charge is 0.0274 e. The SMILES string of the molecule is Cc1sc(CN)cc1CN1CCCC(N(C)C)C1. The van der Waals surface area contributed by atoms with Crippen LogP contribution in [0.4, 0.5) is 0 Å². The molecule has 1 saturated heterocycles. The van der Waals surface area contributed by atoms with Gasteiger partial charge < -0.3 is 10.6 Å². The maximum Gasteiger partial charge on any atom is 0.0274 e. The van der Waals surface area contributed by atoms with Crippen LogP contribution >= 0.6 is 11.3 Å². The first-order valence-corrected chi connectivity index (χ1v) is 7.59. The summed E-state index contributed by atoms with van der Waals surface area (Å²) in [5.74, 6) is 0. The van der Waals surface area contributed by atoms with Gasteiger partial charge in [0.15, 0.2) is 0 Å². The summed E-state index contributed by atoms with van der Waals surface area (Å²) < 4.78 is 0. The van der Waals surface area contributed by atoms with E-state index in [1.54, 1.807) is 0 Å². The molecule has 1 unspecified atom stereocenters. The number of likely N-dealkylation sites (tertiary alicyclic amines) is 1. The lowest BCUT2D eigenvalue weighted by Crippen LogP contribution is -2.44. The topological polar surface area (TPSA) is 32.5 Å². The summed E-state index contributed by atoms with van der Waals surface area (Å²) in [6, 6.07) is 3.01. The lowest BCUT2D eigenvalue weighted by Gasteiger charge is -2.36. The van der Waals surface area contributed by atoms with Gasteiger partial charge in [-0.3, -0.25) is 4.90 Å². The van der Waals surface area contributed by atoms with Crippen molar-refractivity contribution in [1.82, 2.24) is 9.80 Å². The third-order valence-corrected chi connectivity index (χ3v) is 4.99. The average Bonchev–Trinajstić information content (AvgIpc) is 2.70. The van der Waals surface area contributed by atoms with Crippen molar-refractivity contribution in [3.63, 3.8) is 0 Å². The minimum atomic E-state index is 0.672. The quantitative estimate of drug-likeness (QED) is 0.906. The highest BCUT2D eigenvalue weighted by molar-refractivity contribution is 7.12. The van der Waals surface area contributed by atoms with Gasteiger partial charge in [0.25, 0.3) is 0 Å². The second-order valence-electron chi connectivity index (χ2n) is 5.49. The van der Waals surface area contributed by atoms with Gasteiger partial charge in [-0.25, -0.2) is 0 Å². The van der Waals surface area contributed by atoms with Gasteiger partial charge in [0.05, 0.1) is 0 Å². The molecule has 1 aliphatic heterocycles. The van der Waals surface area contributed by atoms with Gasteiger partial charge in [0.1, 0.15) is 0 Å². The van der Waals surface area contributed by atoms with Gasteiger partial charge in [-0.2, -0.15) is 0 Å². The highest BCUT2D eigenvalue weighted by atomic mass is 32.1. The zero-order chi connectivity index (χ0) is 13.1. The van der Waals surface area contributed by atoms with E-state index in [0.717, 1.165) is 6.54 Å². The molecule has 0 aliphatic carbocycles. The van der Waals surface area contributed by atoms with Crippen LogP contribution in [0.15, 0.2) is 6.07 Å². The highest BCUT2D eigenvalue weighted by Crippen LogP contribution is 2.24. The van der Waals surface area contributed by atoms with Crippen molar-refractivity contribution in [3.8, 4) is 0 Å². The minimum Gasteiger partial charge on any atom is -0.326 e. The highest BCUT2D eigenvalue weighted by Gasteiger charge is 2.22. The summed E-state index contributed by atoms with van der Waals surface area (Å²) in [7, 11) is 4.38. The van der Waals surface area contributed by atoms with E-state index in [-0.39, 0.29) is 0 Å². The van der Waals surface area contributed by atoms with Gasteiger partial charge in [0.2, 0.25) is 0 Å². The monoisotopic (exact) mass is 267 g/mol. The average molecular weight is 267 g/mol. The molecule has 0 radical (unpaired) electrons. The molecule has 1 fully saturated rings. The summed E-state index contributed by atoms with van der Waals surface area (Å²) in [6.45, 7) is 6.41. The van der Waals surface area contributed by atoms with Crippen molar-refractivity contribution in [1.29, 1.82) is 0 Å². The number of nitrogens with zero attached hydrogens (tertiary/aromatic N) is 2. The molecular formula is C14H25N3S. The number of rotatable bonds is 4. The molecular weight excluding hydrogens is 242 g/mol. The Labute approximate surface area is 115 Å². The zero-order valence-corrected chi connectivity index (χ0v) is 12.6. The maximum atomic E-state index is 5.72. The zero-order valence-electron chi connectivity index (χ0n) is 11.8. The van der Waals surface area contributed by atoms with Crippen LogP contribution in [0.25, 0.3) is 0 Å². The van der Waals surface area contributed by atoms with E-state index in [1.807, 2.05) is 11.3 Å². The normalized spacial score (nSPS) is 21.7. The van der Waals surface area contributed by atoms with E-state index in [1.165, 1.54) is 41.2 Å². The number of piperidine rings is 1. The van der Waals surface area contributed by atoms with Crippen molar-refractivity contribution in [2.75, 3.05) is 27.2 Å². The number of hydrogen-bond acceptors (Lipinski definition) is 4. The Morgan fingerprint density at radius 2 is 2.28 bits per heavy atom. The Balaban J connectivity index is 1.98.